The molecule has 0 aliphatic heterocycles. The molecule has 1 amide bonds. The van der Waals surface area contributed by atoms with Crippen LogP contribution in [-0.4, -0.2) is 22.0 Å². The van der Waals surface area contributed by atoms with Crippen molar-refractivity contribution in [3.05, 3.63) is 45.9 Å². The van der Waals surface area contributed by atoms with Gasteiger partial charge in [-0.25, -0.2) is 4.98 Å². The molecule has 5 nitrogen and oxygen atoms in total. The number of aliphatic carboxylic acids is 1. The normalized spacial score (nSPS) is 19.3. The van der Waals surface area contributed by atoms with Crippen LogP contribution < -0.4 is 5.32 Å². The van der Waals surface area contributed by atoms with Crippen molar-refractivity contribution in [3.63, 3.8) is 0 Å². The maximum atomic E-state index is 12.9. The molecule has 0 saturated heterocycles. The van der Waals surface area contributed by atoms with Gasteiger partial charge in [0, 0.05) is 10.4 Å². The van der Waals surface area contributed by atoms with Crippen molar-refractivity contribution >= 4 is 28.3 Å². The Kier molecular flexibility index (Phi) is 6.76. The third kappa shape index (κ3) is 4.98. The maximum absolute atomic E-state index is 12.9. The standard InChI is InChI=1S/C24H30N2O3S/c1-13(2)10-17-6-8-18(9-7-17)21-16(5)30-24(25-21)26-22(27)19-11-14(3)15(4)12-20(19)23(28)29/h6-9,13,19-20H,10-12H2,1-5H3,(H,28,29)(H,25,26,27). The van der Waals surface area contributed by atoms with Crippen LogP contribution in [0.1, 0.15) is 51.0 Å². The third-order valence-electron chi connectivity index (χ3n) is 5.82. The van der Waals surface area contributed by atoms with Crippen molar-refractivity contribution < 1.29 is 14.7 Å². The summed E-state index contributed by atoms with van der Waals surface area (Å²) in [6.07, 6.45) is 1.93. The second kappa shape index (κ2) is 9.13. The van der Waals surface area contributed by atoms with Gasteiger partial charge in [0.15, 0.2) is 5.13 Å². The van der Waals surface area contributed by atoms with Gasteiger partial charge in [0.25, 0.3) is 0 Å². The van der Waals surface area contributed by atoms with E-state index < -0.39 is 17.8 Å². The lowest BCUT2D eigenvalue weighted by molar-refractivity contribution is -0.146. The van der Waals surface area contributed by atoms with E-state index in [9.17, 15) is 14.7 Å². The van der Waals surface area contributed by atoms with Crippen LogP contribution in [0.2, 0.25) is 0 Å². The minimum atomic E-state index is -0.917. The highest BCUT2D eigenvalue weighted by atomic mass is 32.1. The highest BCUT2D eigenvalue weighted by Crippen LogP contribution is 2.36. The maximum Gasteiger partial charge on any atom is 0.307 e. The van der Waals surface area contributed by atoms with E-state index in [4.69, 9.17) is 0 Å². The SMILES string of the molecule is CC1=C(C)CC(C(=O)Nc2nc(-c3ccc(CC(C)C)cc3)c(C)s2)C(C(=O)O)C1. The number of hydrogen-bond donors (Lipinski definition) is 2. The molecule has 0 radical (unpaired) electrons. The summed E-state index contributed by atoms with van der Waals surface area (Å²) in [7, 11) is 0. The minimum absolute atomic E-state index is 0.262. The summed E-state index contributed by atoms with van der Waals surface area (Å²) in [4.78, 5) is 30.3. The van der Waals surface area contributed by atoms with Gasteiger partial charge >= 0.3 is 5.97 Å². The molecule has 2 unspecified atom stereocenters. The molecular weight excluding hydrogens is 396 g/mol. The zero-order valence-electron chi connectivity index (χ0n) is 18.3. The van der Waals surface area contributed by atoms with Crippen LogP contribution in [0.25, 0.3) is 11.3 Å². The number of aryl methyl sites for hydroxylation is 1. The van der Waals surface area contributed by atoms with Crippen molar-refractivity contribution in [2.24, 2.45) is 17.8 Å². The molecule has 1 aliphatic rings. The van der Waals surface area contributed by atoms with Crippen LogP contribution >= 0.6 is 11.3 Å². The average Bonchev–Trinajstić information content (AvgIpc) is 3.03. The Morgan fingerprint density at radius 1 is 1.10 bits per heavy atom. The van der Waals surface area contributed by atoms with Crippen LogP contribution in [0, 0.1) is 24.7 Å². The van der Waals surface area contributed by atoms with Crippen LogP contribution in [0.15, 0.2) is 35.4 Å². The molecule has 0 fully saturated rings. The zero-order chi connectivity index (χ0) is 22.0. The molecule has 2 atom stereocenters. The lowest BCUT2D eigenvalue weighted by Gasteiger charge is -2.29. The van der Waals surface area contributed by atoms with E-state index in [0.29, 0.717) is 23.9 Å². The molecule has 6 heteroatoms. The number of nitrogens with zero attached hydrogens (tertiary/aromatic N) is 1. The fourth-order valence-corrected chi connectivity index (χ4v) is 4.85. The lowest BCUT2D eigenvalue weighted by Crippen LogP contribution is -2.36. The number of aromatic nitrogens is 1. The van der Waals surface area contributed by atoms with Crippen molar-refractivity contribution in [2.75, 3.05) is 5.32 Å². The number of benzene rings is 1. The number of amides is 1. The number of carboxylic acid groups (broad SMARTS) is 1. The number of anilines is 1. The monoisotopic (exact) mass is 426 g/mol. The van der Waals surface area contributed by atoms with E-state index in [-0.39, 0.29) is 5.91 Å². The van der Waals surface area contributed by atoms with Gasteiger partial charge in [-0.15, -0.1) is 11.3 Å². The second-order valence-corrected chi connectivity index (χ2v) is 9.93. The van der Waals surface area contributed by atoms with E-state index in [2.05, 4.69) is 48.4 Å². The van der Waals surface area contributed by atoms with Gasteiger partial charge in [0.1, 0.15) is 0 Å². The van der Waals surface area contributed by atoms with Crippen LogP contribution in [0.3, 0.4) is 0 Å². The number of nitrogens with one attached hydrogen (secondary N) is 1. The average molecular weight is 427 g/mol. The number of allylic oxidation sites excluding steroid dienone is 2. The van der Waals surface area contributed by atoms with E-state index in [1.54, 1.807) is 0 Å². The summed E-state index contributed by atoms with van der Waals surface area (Å²) >= 11 is 1.42. The molecule has 30 heavy (non-hydrogen) atoms. The summed E-state index contributed by atoms with van der Waals surface area (Å²) in [5.41, 5.74) is 5.35. The Morgan fingerprint density at radius 2 is 1.70 bits per heavy atom. The highest BCUT2D eigenvalue weighted by Gasteiger charge is 2.37. The van der Waals surface area contributed by atoms with Gasteiger partial charge in [0.2, 0.25) is 5.91 Å². The molecule has 1 aromatic carbocycles. The molecule has 1 aliphatic carbocycles. The first-order valence-electron chi connectivity index (χ1n) is 10.4. The molecule has 0 spiro atoms. The molecular formula is C24H30N2O3S. The molecule has 1 aromatic heterocycles. The number of carboxylic acids is 1. The number of thiazole rings is 1. The first-order chi connectivity index (χ1) is 14.2. The molecule has 2 N–H and O–H groups in total. The van der Waals surface area contributed by atoms with Gasteiger partial charge in [0.05, 0.1) is 17.5 Å². The van der Waals surface area contributed by atoms with Gasteiger partial charge in [-0.2, -0.15) is 0 Å². The lowest BCUT2D eigenvalue weighted by atomic mass is 9.76. The molecule has 0 saturated carbocycles. The number of rotatable bonds is 6. The third-order valence-corrected chi connectivity index (χ3v) is 6.70. The molecule has 3 rings (SSSR count). The Hall–Kier alpha value is -2.47. The van der Waals surface area contributed by atoms with Crippen molar-refractivity contribution in [1.82, 2.24) is 4.98 Å². The van der Waals surface area contributed by atoms with E-state index in [1.165, 1.54) is 16.9 Å². The molecule has 160 valence electrons. The predicted molar refractivity (Wildman–Crippen MR) is 122 cm³/mol. The van der Waals surface area contributed by atoms with Crippen LogP contribution in [-0.2, 0) is 16.0 Å². The summed E-state index contributed by atoms with van der Waals surface area (Å²) < 4.78 is 0. The summed E-state index contributed by atoms with van der Waals surface area (Å²) in [5, 5.41) is 13.0. The van der Waals surface area contributed by atoms with Gasteiger partial charge in [-0.05, 0) is 51.5 Å². The second-order valence-electron chi connectivity index (χ2n) is 8.73. The number of carbonyl (C=O) groups excluding carboxylic acids is 1. The highest BCUT2D eigenvalue weighted by molar-refractivity contribution is 7.16. The Bertz CT molecular complexity index is 973. The fourth-order valence-electron chi connectivity index (χ4n) is 4.01. The minimum Gasteiger partial charge on any atom is -0.481 e. The van der Waals surface area contributed by atoms with Crippen molar-refractivity contribution in [2.45, 2.75) is 53.9 Å². The molecule has 1 heterocycles. The fraction of sp³-hybridized carbons (Fsp3) is 0.458. The Balaban J connectivity index is 1.77. The van der Waals surface area contributed by atoms with Gasteiger partial charge < -0.3 is 10.4 Å². The molecule has 0 bridgehead atoms. The largest absolute Gasteiger partial charge is 0.481 e. The smallest absolute Gasteiger partial charge is 0.307 e. The van der Waals surface area contributed by atoms with E-state index >= 15 is 0 Å². The first kappa shape index (κ1) is 22.2. The van der Waals surface area contributed by atoms with Crippen molar-refractivity contribution in [3.8, 4) is 11.3 Å². The topological polar surface area (TPSA) is 79.3 Å². The molecule has 2 aromatic rings. The summed E-state index contributed by atoms with van der Waals surface area (Å²) in [6.45, 7) is 10.3. The van der Waals surface area contributed by atoms with Crippen LogP contribution in [0.4, 0.5) is 5.13 Å². The summed E-state index contributed by atoms with van der Waals surface area (Å²) in [5.74, 6) is -1.84. The van der Waals surface area contributed by atoms with Gasteiger partial charge in [-0.1, -0.05) is 49.3 Å². The predicted octanol–water partition coefficient (Wildman–Crippen LogP) is 5.70. The first-order valence-corrected chi connectivity index (χ1v) is 11.2. The summed E-state index contributed by atoms with van der Waals surface area (Å²) in [6, 6.07) is 8.40. The van der Waals surface area contributed by atoms with E-state index in [0.717, 1.165) is 33.7 Å². The van der Waals surface area contributed by atoms with Crippen molar-refractivity contribution in [1.29, 1.82) is 0 Å². The van der Waals surface area contributed by atoms with Gasteiger partial charge in [-0.3, -0.25) is 9.59 Å². The number of carbonyl (C=O) groups is 2. The Morgan fingerprint density at radius 3 is 2.27 bits per heavy atom. The zero-order valence-corrected chi connectivity index (χ0v) is 19.1. The Labute approximate surface area is 182 Å². The van der Waals surface area contributed by atoms with Crippen LogP contribution in [0.5, 0.6) is 0 Å². The quantitative estimate of drug-likeness (QED) is 0.581. The number of hydrogen-bond acceptors (Lipinski definition) is 4. The van der Waals surface area contributed by atoms with E-state index in [1.807, 2.05) is 20.8 Å².